The Morgan fingerprint density at radius 2 is 1.35 bits per heavy atom. The zero-order chi connectivity index (χ0) is 16.3. The largest absolute Gasteiger partial charge is 0.386 e. The highest BCUT2D eigenvalue weighted by Gasteiger charge is 2.21. The van der Waals surface area contributed by atoms with Gasteiger partial charge in [0.25, 0.3) is 0 Å². The van der Waals surface area contributed by atoms with Gasteiger partial charge >= 0.3 is 0 Å². The highest BCUT2D eigenvalue weighted by atomic mass is 16.3. The molecule has 2 rings (SSSR count). The summed E-state index contributed by atoms with van der Waals surface area (Å²) in [6.45, 7) is 3.17. The number of hydrogen-bond acceptors (Lipinski definition) is 2. The Labute approximate surface area is 140 Å². The van der Waals surface area contributed by atoms with Crippen LogP contribution < -0.4 is 5.32 Å². The maximum Gasteiger partial charge on any atom is 0.0984 e. The van der Waals surface area contributed by atoms with Gasteiger partial charge in [-0.1, -0.05) is 93.3 Å². The fraction of sp³-hybridized carbons (Fsp3) is 0.429. The lowest BCUT2D eigenvalue weighted by Gasteiger charge is -2.25. The summed E-state index contributed by atoms with van der Waals surface area (Å²) < 4.78 is 0. The molecule has 2 aromatic rings. The summed E-state index contributed by atoms with van der Waals surface area (Å²) in [5.74, 6) is 0. The van der Waals surface area contributed by atoms with Crippen LogP contribution in [-0.2, 0) is 0 Å². The van der Waals surface area contributed by atoms with Gasteiger partial charge in [-0.25, -0.2) is 0 Å². The van der Waals surface area contributed by atoms with E-state index in [1.165, 1.54) is 25.7 Å². The fourth-order valence-corrected chi connectivity index (χ4v) is 2.90. The van der Waals surface area contributed by atoms with Gasteiger partial charge in [-0.2, -0.15) is 0 Å². The molecule has 0 aromatic heterocycles. The van der Waals surface area contributed by atoms with Crippen molar-refractivity contribution in [1.82, 2.24) is 5.32 Å². The Balaban J connectivity index is 1.98. The number of aliphatic hydroxyl groups is 1. The van der Waals surface area contributed by atoms with Gasteiger partial charge in [0.15, 0.2) is 0 Å². The average molecular weight is 311 g/mol. The molecule has 0 bridgehead atoms. The van der Waals surface area contributed by atoms with Crippen LogP contribution in [0.3, 0.4) is 0 Å². The molecular weight excluding hydrogens is 282 g/mol. The van der Waals surface area contributed by atoms with Crippen molar-refractivity contribution in [2.75, 3.05) is 6.54 Å². The topological polar surface area (TPSA) is 32.3 Å². The van der Waals surface area contributed by atoms with Gasteiger partial charge in [0, 0.05) is 0 Å². The summed E-state index contributed by atoms with van der Waals surface area (Å²) in [6, 6.07) is 20.1. The third kappa shape index (κ3) is 5.81. The summed E-state index contributed by atoms with van der Waals surface area (Å²) in [5, 5.41) is 14.4. The molecule has 2 heteroatoms. The first-order valence-electron chi connectivity index (χ1n) is 8.84. The summed E-state index contributed by atoms with van der Waals surface area (Å²) >= 11 is 0. The monoisotopic (exact) mass is 311 g/mol. The van der Waals surface area contributed by atoms with E-state index < -0.39 is 6.10 Å². The Morgan fingerprint density at radius 3 is 1.96 bits per heavy atom. The zero-order valence-corrected chi connectivity index (χ0v) is 14.1. The van der Waals surface area contributed by atoms with Gasteiger partial charge in [0.2, 0.25) is 0 Å². The van der Waals surface area contributed by atoms with Crippen LogP contribution in [0.25, 0.3) is 0 Å². The molecule has 0 aliphatic heterocycles. The minimum Gasteiger partial charge on any atom is -0.386 e. The molecule has 0 amide bonds. The highest BCUT2D eigenvalue weighted by Crippen LogP contribution is 2.28. The number of rotatable bonds is 10. The number of nitrogens with one attached hydrogen (secondary N) is 1. The van der Waals surface area contributed by atoms with Gasteiger partial charge in [-0.3, -0.25) is 0 Å². The molecule has 0 radical (unpaired) electrons. The molecular formula is C21H29NO. The Kier molecular flexibility index (Phi) is 7.85. The Bertz CT molecular complexity index is 526. The molecule has 2 N–H and O–H groups in total. The molecule has 0 spiro atoms. The minimum absolute atomic E-state index is 0.0650. The molecule has 2 atom stereocenters. The van der Waals surface area contributed by atoms with Gasteiger partial charge < -0.3 is 10.4 Å². The lowest BCUT2D eigenvalue weighted by atomic mass is 9.95. The van der Waals surface area contributed by atoms with E-state index in [0.717, 1.165) is 24.1 Å². The second-order valence-electron chi connectivity index (χ2n) is 6.11. The lowest BCUT2D eigenvalue weighted by molar-refractivity contribution is 0.128. The van der Waals surface area contributed by atoms with Crippen LogP contribution in [0.4, 0.5) is 0 Å². The van der Waals surface area contributed by atoms with Crippen LogP contribution in [0.15, 0.2) is 60.7 Å². The molecule has 0 fully saturated rings. The molecule has 0 saturated carbocycles. The zero-order valence-electron chi connectivity index (χ0n) is 14.1. The van der Waals surface area contributed by atoms with E-state index in [1.807, 2.05) is 48.5 Å². The molecule has 2 nitrogen and oxygen atoms in total. The van der Waals surface area contributed by atoms with Crippen molar-refractivity contribution in [1.29, 1.82) is 0 Å². The predicted octanol–water partition coefficient (Wildman–Crippen LogP) is 5.02. The number of hydrogen-bond donors (Lipinski definition) is 2. The van der Waals surface area contributed by atoms with E-state index in [4.69, 9.17) is 0 Å². The van der Waals surface area contributed by atoms with Crippen LogP contribution >= 0.6 is 0 Å². The van der Waals surface area contributed by atoms with Crippen LogP contribution in [0.5, 0.6) is 0 Å². The SMILES string of the molecule is CCCCCCCN[C@@H](c1ccccc1)[C@H](O)c1ccccc1. The third-order valence-electron chi connectivity index (χ3n) is 4.26. The van der Waals surface area contributed by atoms with E-state index in [-0.39, 0.29) is 6.04 Å². The van der Waals surface area contributed by atoms with Crippen molar-refractivity contribution >= 4 is 0 Å². The quantitative estimate of drug-likeness (QED) is 0.604. The van der Waals surface area contributed by atoms with Gasteiger partial charge in [0.1, 0.15) is 0 Å². The Hall–Kier alpha value is -1.64. The molecule has 0 saturated heterocycles. The second-order valence-corrected chi connectivity index (χ2v) is 6.11. The van der Waals surface area contributed by atoms with Crippen molar-refractivity contribution < 1.29 is 5.11 Å². The molecule has 0 aliphatic carbocycles. The third-order valence-corrected chi connectivity index (χ3v) is 4.26. The Morgan fingerprint density at radius 1 is 0.783 bits per heavy atom. The highest BCUT2D eigenvalue weighted by molar-refractivity contribution is 5.26. The van der Waals surface area contributed by atoms with Crippen molar-refractivity contribution in [3.05, 3.63) is 71.8 Å². The van der Waals surface area contributed by atoms with Crippen LogP contribution in [0, 0.1) is 0 Å². The first-order chi connectivity index (χ1) is 11.3. The molecule has 0 aliphatic rings. The van der Waals surface area contributed by atoms with Crippen molar-refractivity contribution in [3.8, 4) is 0 Å². The van der Waals surface area contributed by atoms with Gasteiger partial charge in [-0.15, -0.1) is 0 Å². The van der Waals surface area contributed by atoms with Gasteiger partial charge in [-0.05, 0) is 24.1 Å². The number of unbranched alkanes of at least 4 members (excludes halogenated alkanes) is 4. The van der Waals surface area contributed by atoms with E-state index >= 15 is 0 Å². The molecule has 2 aromatic carbocycles. The summed E-state index contributed by atoms with van der Waals surface area (Å²) in [5.41, 5.74) is 2.09. The maximum absolute atomic E-state index is 10.8. The molecule has 0 unspecified atom stereocenters. The van der Waals surface area contributed by atoms with Crippen LogP contribution in [0.1, 0.15) is 62.3 Å². The van der Waals surface area contributed by atoms with E-state index in [2.05, 4.69) is 24.4 Å². The standard InChI is InChI=1S/C21H29NO/c1-2-3-4-5-12-17-22-20(18-13-8-6-9-14-18)21(23)19-15-10-7-11-16-19/h6-11,13-16,20-23H,2-5,12,17H2,1H3/t20-,21+/m0/s1. The van der Waals surface area contributed by atoms with Crippen molar-refractivity contribution in [2.45, 2.75) is 51.2 Å². The summed E-state index contributed by atoms with van der Waals surface area (Å²) in [6.07, 6.45) is 5.76. The average Bonchev–Trinajstić information content (AvgIpc) is 2.62. The summed E-state index contributed by atoms with van der Waals surface area (Å²) in [4.78, 5) is 0. The first-order valence-corrected chi connectivity index (χ1v) is 8.84. The van der Waals surface area contributed by atoms with E-state index in [9.17, 15) is 5.11 Å². The fourth-order valence-electron chi connectivity index (χ4n) is 2.90. The second kappa shape index (κ2) is 10.2. The molecule has 0 heterocycles. The van der Waals surface area contributed by atoms with E-state index in [0.29, 0.717) is 0 Å². The normalized spacial score (nSPS) is 13.7. The lowest BCUT2D eigenvalue weighted by Crippen LogP contribution is -2.28. The van der Waals surface area contributed by atoms with E-state index in [1.54, 1.807) is 0 Å². The number of aliphatic hydroxyl groups excluding tert-OH is 1. The predicted molar refractivity (Wildman–Crippen MR) is 97.3 cm³/mol. The van der Waals surface area contributed by atoms with Crippen LogP contribution in [-0.4, -0.2) is 11.7 Å². The van der Waals surface area contributed by atoms with Crippen LogP contribution in [0.2, 0.25) is 0 Å². The van der Waals surface area contributed by atoms with Crippen molar-refractivity contribution in [3.63, 3.8) is 0 Å². The molecule has 23 heavy (non-hydrogen) atoms. The van der Waals surface area contributed by atoms with Crippen molar-refractivity contribution in [2.24, 2.45) is 0 Å². The maximum atomic E-state index is 10.8. The smallest absolute Gasteiger partial charge is 0.0984 e. The molecule has 124 valence electrons. The van der Waals surface area contributed by atoms with Gasteiger partial charge in [0.05, 0.1) is 12.1 Å². The first kappa shape index (κ1) is 17.7. The minimum atomic E-state index is -0.533. The summed E-state index contributed by atoms with van der Waals surface area (Å²) in [7, 11) is 0. The number of benzene rings is 2.